The van der Waals surface area contributed by atoms with Gasteiger partial charge in [-0.2, -0.15) is 5.10 Å². The van der Waals surface area contributed by atoms with Gasteiger partial charge in [0.15, 0.2) is 0 Å². The number of benzene rings is 4. The molecule has 4 aromatic carbocycles. The van der Waals surface area contributed by atoms with E-state index in [9.17, 15) is 5.11 Å². The fourth-order valence-electron chi connectivity index (χ4n) is 4.44. The highest BCUT2D eigenvalue weighted by molar-refractivity contribution is 6.06. The van der Waals surface area contributed by atoms with E-state index in [0.29, 0.717) is 6.42 Å². The van der Waals surface area contributed by atoms with E-state index in [4.69, 9.17) is 14.6 Å². The molecule has 0 radical (unpaired) electrons. The summed E-state index contributed by atoms with van der Waals surface area (Å²) in [6.07, 6.45) is 0.645. The molecule has 1 aliphatic rings. The van der Waals surface area contributed by atoms with E-state index in [-0.39, 0.29) is 11.8 Å². The van der Waals surface area contributed by atoms with Crippen LogP contribution in [0, 0.1) is 0 Å². The Morgan fingerprint density at radius 3 is 2.25 bits per heavy atom. The molecule has 0 saturated heterocycles. The molecule has 0 bridgehead atoms. The number of methoxy groups -OCH3 is 2. The first kappa shape index (κ1) is 19.9. The van der Waals surface area contributed by atoms with Gasteiger partial charge in [0, 0.05) is 17.4 Å². The lowest BCUT2D eigenvalue weighted by atomic mass is 9.93. The summed E-state index contributed by atoms with van der Waals surface area (Å²) >= 11 is 0. The Morgan fingerprint density at radius 2 is 1.47 bits per heavy atom. The SMILES string of the molecule is COc1ccccc1N1N=C(c2ccccc2O)CC1c1ccc(OC)c2ccccc12. The summed E-state index contributed by atoms with van der Waals surface area (Å²) in [5.41, 5.74) is 3.60. The van der Waals surface area contributed by atoms with Crippen LogP contribution in [0.15, 0.2) is 90.0 Å². The average Bonchev–Trinajstić information content (AvgIpc) is 3.28. The Kier molecular flexibility index (Phi) is 5.15. The standard InChI is InChI=1S/C27H24N2O3/c1-31-26-16-15-19(18-9-3-4-10-20(18)26)24-17-22(21-11-5-7-13-25(21)30)28-29(24)23-12-6-8-14-27(23)32-2/h3-16,24,30H,17H2,1-2H3. The number of anilines is 1. The predicted octanol–water partition coefficient (Wildman–Crippen LogP) is 5.92. The maximum absolute atomic E-state index is 10.5. The number of ether oxygens (including phenoxy) is 2. The molecule has 32 heavy (non-hydrogen) atoms. The van der Waals surface area contributed by atoms with Crippen molar-refractivity contribution in [3.63, 3.8) is 0 Å². The van der Waals surface area contributed by atoms with Gasteiger partial charge in [0.25, 0.3) is 0 Å². The Labute approximate surface area is 187 Å². The molecule has 5 nitrogen and oxygen atoms in total. The van der Waals surface area contributed by atoms with Crippen LogP contribution in [-0.4, -0.2) is 25.0 Å². The van der Waals surface area contributed by atoms with E-state index in [0.717, 1.165) is 44.8 Å². The van der Waals surface area contributed by atoms with Crippen molar-refractivity contribution in [1.29, 1.82) is 0 Å². The molecule has 0 saturated carbocycles. The van der Waals surface area contributed by atoms with E-state index >= 15 is 0 Å². The first-order chi connectivity index (χ1) is 15.7. The minimum atomic E-state index is -0.0725. The zero-order valence-electron chi connectivity index (χ0n) is 18.0. The zero-order chi connectivity index (χ0) is 22.1. The van der Waals surface area contributed by atoms with Gasteiger partial charge in [-0.15, -0.1) is 0 Å². The number of para-hydroxylation sites is 3. The largest absolute Gasteiger partial charge is 0.507 e. The summed E-state index contributed by atoms with van der Waals surface area (Å²) in [6, 6.07) is 27.5. The summed E-state index contributed by atoms with van der Waals surface area (Å²) in [5, 5.41) is 19.7. The van der Waals surface area contributed by atoms with Crippen molar-refractivity contribution in [1.82, 2.24) is 0 Å². The summed E-state index contributed by atoms with van der Waals surface area (Å²) in [7, 11) is 3.36. The molecule has 1 aliphatic heterocycles. The highest BCUT2D eigenvalue weighted by atomic mass is 16.5. The highest BCUT2D eigenvalue weighted by Crippen LogP contribution is 2.44. The molecule has 160 valence electrons. The smallest absolute Gasteiger partial charge is 0.144 e. The average molecular weight is 425 g/mol. The van der Waals surface area contributed by atoms with Crippen molar-refractivity contribution in [3.05, 3.63) is 96.1 Å². The minimum Gasteiger partial charge on any atom is -0.507 e. The molecule has 4 aromatic rings. The Morgan fingerprint density at radius 1 is 0.781 bits per heavy atom. The number of aromatic hydroxyl groups is 1. The summed E-state index contributed by atoms with van der Waals surface area (Å²) in [6.45, 7) is 0. The Bertz CT molecular complexity index is 1320. The first-order valence-electron chi connectivity index (χ1n) is 10.5. The van der Waals surface area contributed by atoms with Gasteiger partial charge in [-0.3, -0.25) is 5.01 Å². The second kappa shape index (κ2) is 8.27. The van der Waals surface area contributed by atoms with Gasteiger partial charge in [0.05, 0.1) is 26.0 Å². The van der Waals surface area contributed by atoms with Crippen LogP contribution < -0.4 is 14.5 Å². The van der Waals surface area contributed by atoms with Crippen molar-refractivity contribution < 1.29 is 14.6 Å². The van der Waals surface area contributed by atoms with Gasteiger partial charge in [-0.1, -0.05) is 54.6 Å². The molecule has 0 spiro atoms. The number of rotatable bonds is 5. The van der Waals surface area contributed by atoms with Gasteiger partial charge in [-0.25, -0.2) is 0 Å². The Balaban J connectivity index is 1.69. The number of hydrogen-bond donors (Lipinski definition) is 1. The van der Waals surface area contributed by atoms with Crippen molar-refractivity contribution in [3.8, 4) is 17.2 Å². The van der Waals surface area contributed by atoms with E-state index in [1.807, 2.05) is 65.7 Å². The summed E-state index contributed by atoms with van der Waals surface area (Å²) in [5.74, 6) is 1.82. The fraction of sp³-hybridized carbons (Fsp3) is 0.148. The third kappa shape index (κ3) is 3.32. The quantitative estimate of drug-likeness (QED) is 0.432. The van der Waals surface area contributed by atoms with E-state index in [2.05, 4.69) is 18.2 Å². The number of phenols is 1. The van der Waals surface area contributed by atoms with Crippen molar-refractivity contribution in [2.24, 2.45) is 5.10 Å². The first-order valence-corrected chi connectivity index (χ1v) is 10.5. The molecular formula is C27H24N2O3. The van der Waals surface area contributed by atoms with Gasteiger partial charge >= 0.3 is 0 Å². The number of phenolic OH excluding ortho intramolecular Hbond substituents is 1. The summed E-state index contributed by atoms with van der Waals surface area (Å²) < 4.78 is 11.3. The molecular weight excluding hydrogens is 400 g/mol. The fourth-order valence-corrected chi connectivity index (χ4v) is 4.44. The van der Waals surface area contributed by atoms with Gasteiger partial charge in [-0.05, 0) is 41.3 Å². The number of nitrogens with zero attached hydrogens (tertiary/aromatic N) is 2. The lowest BCUT2D eigenvalue weighted by Gasteiger charge is -2.26. The predicted molar refractivity (Wildman–Crippen MR) is 128 cm³/mol. The van der Waals surface area contributed by atoms with Crippen LogP contribution >= 0.6 is 0 Å². The second-order valence-corrected chi connectivity index (χ2v) is 7.70. The van der Waals surface area contributed by atoms with Crippen LogP contribution in [0.1, 0.15) is 23.6 Å². The van der Waals surface area contributed by atoms with E-state index in [1.54, 1.807) is 20.3 Å². The minimum absolute atomic E-state index is 0.0725. The van der Waals surface area contributed by atoms with Gasteiger partial charge in [0.1, 0.15) is 22.9 Å². The highest BCUT2D eigenvalue weighted by Gasteiger charge is 2.33. The lowest BCUT2D eigenvalue weighted by Crippen LogP contribution is -2.19. The van der Waals surface area contributed by atoms with Gasteiger partial charge in [0.2, 0.25) is 0 Å². The molecule has 0 amide bonds. The van der Waals surface area contributed by atoms with Crippen molar-refractivity contribution in [2.75, 3.05) is 19.2 Å². The van der Waals surface area contributed by atoms with Crippen LogP contribution in [0.25, 0.3) is 10.8 Å². The zero-order valence-corrected chi connectivity index (χ0v) is 18.0. The molecule has 1 N–H and O–H groups in total. The molecule has 1 unspecified atom stereocenters. The van der Waals surface area contributed by atoms with Crippen LogP contribution in [0.3, 0.4) is 0 Å². The molecule has 5 rings (SSSR count). The van der Waals surface area contributed by atoms with Crippen LogP contribution in [0.5, 0.6) is 17.2 Å². The molecule has 0 aromatic heterocycles. The van der Waals surface area contributed by atoms with E-state index in [1.165, 1.54) is 0 Å². The van der Waals surface area contributed by atoms with Crippen LogP contribution in [0.4, 0.5) is 5.69 Å². The third-order valence-electron chi connectivity index (χ3n) is 5.95. The summed E-state index contributed by atoms with van der Waals surface area (Å²) in [4.78, 5) is 0. The van der Waals surface area contributed by atoms with Gasteiger partial charge < -0.3 is 14.6 Å². The normalized spacial score (nSPS) is 15.6. The number of hydrogen-bond acceptors (Lipinski definition) is 5. The molecule has 0 fully saturated rings. The number of hydrazone groups is 1. The van der Waals surface area contributed by atoms with Crippen molar-refractivity contribution in [2.45, 2.75) is 12.5 Å². The van der Waals surface area contributed by atoms with Crippen LogP contribution in [-0.2, 0) is 0 Å². The Hall–Kier alpha value is -3.99. The monoisotopic (exact) mass is 424 g/mol. The van der Waals surface area contributed by atoms with Crippen molar-refractivity contribution >= 4 is 22.2 Å². The maximum atomic E-state index is 10.5. The molecule has 1 heterocycles. The molecule has 1 atom stereocenters. The topological polar surface area (TPSA) is 54.3 Å². The van der Waals surface area contributed by atoms with Crippen LogP contribution in [0.2, 0.25) is 0 Å². The molecule has 5 heteroatoms. The second-order valence-electron chi connectivity index (χ2n) is 7.70. The third-order valence-corrected chi connectivity index (χ3v) is 5.95. The number of fused-ring (bicyclic) bond motifs is 1. The lowest BCUT2D eigenvalue weighted by molar-refractivity contribution is 0.413. The van der Waals surface area contributed by atoms with E-state index < -0.39 is 0 Å². The molecule has 0 aliphatic carbocycles. The maximum Gasteiger partial charge on any atom is 0.144 e.